The molecule has 1 aromatic rings. The molecule has 0 atom stereocenters. The van der Waals surface area contributed by atoms with Gasteiger partial charge >= 0.3 is 12.1 Å². The van der Waals surface area contributed by atoms with Crippen molar-refractivity contribution >= 4 is 11.5 Å². The summed E-state index contributed by atoms with van der Waals surface area (Å²) in [5.74, 6) is -0.893. The molecule has 0 amide bonds. The second-order valence-electron chi connectivity index (χ2n) is 3.93. The quantitative estimate of drug-likeness (QED) is 0.867. The number of alkyl halides is 3. The summed E-state index contributed by atoms with van der Waals surface area (Å²) in [7, 11) is 0. The van der Waals surface area contributed by atoms with Crippen molar-refractivity contribution in [2.24, 2.45) is 0 Å². The molecular formula is C13H13F3O2. The van der Waals surface area contributed by atoms with E-state index in [2.05, 4.69) is 6.58 Å². The highest BCUT2D eigenvalue weighted by Gasteiger charge is 2.29. The summed E-state index contributed by atoms with van der Waals surface area (Å²) in [5, 5.41) is 8.47. The fourth-order valence-electron chi connectivity index (χ4n) is 1.49. The third-order valence-corrected chi connectivity index (χ3v) is 2.49. The molecular weight excluding hydrogens is 245 g/mol. The van der Waals surface area contributed by atoms with Gasteiger partial charge in [-0.25, -0.2) is 0 Å². The Labute approximate surface area is 103 Å². The Kier molecular flexibility index (Phi) is 4.53. The fraction of sp³-hybridized carbons (Fsp3) is 0.308. The van der Waals surface area contributed by atoms with E-state index in [-0.39, 0.29) is 6.42 Å². The average molecular weight is 258 g/mol. The van der Waals surface area contributed by atoms with Crippen molar-refractivity contribution in [3.63, 3.8) is 0 Å². The van der Waals surface area contributed by atoms with Gasteiger partial charge in [-0.2, -0.15) is 13.2 Å². The first kappa shape index (κ1) is 14.3. The van der Waals surface area contributed by atoms with E-state index in [0.717, 1.165) is 12.1 Å². The van der Waals surface area contributed by atoms with E-state index in [0.29, 0.717) is 24.0 Å². The van der Waals surface area contributed by atoms with Gasteiger partial charge in [-0.15, -0.1) is 0 Å². The van der Waals surface area contributed by atoms with E-state index in [1.54, 1.807) is 0 Å². The largest absolute Gasteiger partial charge is 0.481 e. The predicted octanol–water partition coefficient (Wildman–Crippen LogP) is 3.97. The maximum absolute atomic E-state index is 12.3. The zero-order valence-electron chi connectivity index (χ0n) is 9.63. The number of halogens is 3. The van der Waals surface area contributed by atoms with Crippen LogP contribution in [0.25, 0.3) is 5.57 Å². The number of hydrogen-bond acceptors (Lipinski definition) is 1. The molecule has 0 saturated carbocycles. The number of hydrogen-bond donors (Lipinski definition) is 1. The Hall–Kier alpha value is -1.78. The van der Waals surface area contributed by atoms with E-state index in [9.17, 15) is 18.0 Å². The Bertz CT molecular complexity index is 433. The first-order valence-corrected chi connectivity index (χ1v) is 5.38. The van der Waals surface area contributed by atoms with Gasteiger partial charge in [0, 0.05) is 6.42 Å². The van der Waals surface area contributed by atoms with Crippen LogP contribution in [0.4, 0.5) is 13.2 Å². The number of carbonyl (C=O) groups is 1. The molecule has 0 aliphatic carbocycles. The zero-order chi connectivity index (χ0) is 13.8. The number of carboxylic acid groups (broad SMARTS) is 1. The smallest absolute Gasteiger partial charge is 0.416 e. The van der Waals surface area contributed by atoms with Gasteiger partial charge in [0.15, 0.2) is 0 Å². The normalized spacial score (nSPS) is 11.3. The van der Waals surface area contributed by atoms with Crippen molar-refractivity contribution in [2.75, 3.05) is 0 Å². The molecule has 0 saturated heterocycles. The van der Waals surface area contributed by atoms with Crippen LogP contribution in [-0.4, -0.2) is 11.1 Å². The van der Waals surface area contributed by atoms with Crippen molar-refractivity contribution in [1.29, 1.82) is 0 Å². The van der Waals surface area contributed by atoms with Crippen LogP contribution in [0.2, 0.25) is 0 Å². The lowest BCUT2D eigenvalue weighted by Gasteiger charge is -2.09. The third kappa shape index (κ3) is 4.24. The van der Waals surface area contributed by atoms with Gasteiger partial charge in [0.2, 0.25) is 0 Å². The first-order chi connectivity index (χ1) is 8.30. The van der Waals surface area contributed by atoms with Crippen LogP contribution < -0.4 is 0 Å². The predicted molar refractivity (Wildman–Crippen MR) is 62.0 cm³/mol. The lowest BCUT2D eigenvalue weighted by atomic mass is 10.0. The lowest BCUT2D eigenvalue weighted by molar-refractivity contribution is -0.138. The monoisotopic (exact) mass is 258 g/mol. The third-order valence-electron chi connectivity index (χ3n) is 2.49. The van der Waals surface area contributed by atoms with Crippen LogP contribution in [0.3, 0.4) is 0 Å². The number of carboxylic acids is 1. The van der Waals surface area contributed by atoms with Gasteiger partial charge < -0.3 is 5.11 Å². The van der Waals surface area contributed by atoms with Crippen LogP contribution in [0, 0.1) is 0 Å². The average Bonchev–Trinajstić information content (AvgIpc) is 2.27. The van der Waals surface area contributed by atoms with E-state index in [1.165, 1.54) is 12.1 Å². The molecule has 1 rings (SSSR count). The molecule has 0 spiro atoms. The van der Waals surface area contributed by atoms with Crippen molar-refractivity contribution < 1.29 is 23.1 Å². The SMILES string of the molecule is C=C(CCCC(=O)O)c1ccc(C(F)(F)F)cc1. The summed E-state index contributed by atoms with van der Waals surface area (Å²) in [5.41, 5.74) is 0.544. The molecule has 0 unspecified atom stereocenters. The highest BCUT2D eigenvalue weighted by Crippen LogP contribution is 2.30. The van der Waals surface area contributed by atoms with Gasteiger partial charge in [0.05, 0.1) is 5.56 Å². The molecule has 0 bridgehead atoms. The van der Waals surface area contributed by atoms with Crippen LogP contribution in [0.1, 0.15) is 30.4 Å². The van der Waals surface area contributed by atoms with Crippen LogP contribution in [0.5, 0.6) is 0 Å². The van der Waals surface area contributed by atoms with E-state index >= 15 is 0 Å². The van der Waals surface area contributed by atoms with Gasteiger partial charge in [-0.1, -0.05) is 18.7 Å². The molecule has 18 heavy (non-hydrogen) atoms. The second kappa shape index (κ2) is 5.71. The van der Waals surface area contributed by atoms with Crippen molar-refractivity contribution in [3.8, 4) is 0 Å². The van der Waals surface area contributed by atoms with E-state index in [1.807, 2.05) is 0 Å². The summed E-state index contributed by atoms with van der Waals surface area (Å²) in [4.78, 5) is 10.3. The molecule has 0 heterocycles. The Morgan fingerprint density at radius 3 is 2.17 bits per heavy atom. The van der Waals surface area contributed by atoms with Gasteiger partial charge in [0.25, 0.3) is 0 Å². The molecule has 0 radical (unpaired) electrons. The number of aliphatic carboxylic acids is 1. The summed E-state index contributed by atoms with van der Waals surface area (Å²) in [6.07, 6.45) is -3.43. The van der Waals surface area contributed by atoms with Gasteiger partial charge in [0.1, 0.15) is 0 Å². The highest BCUT2D eigenvalue weighted by atomic mass is 19.4. The van der Waals surface area contributed by atoms with Gasteiger partial charge in [-0.3, -0.25) is 4.79 Å². The topological polar surface area (TPSA) is 37.3 Å². The Balaban J connectivity index is 2.62. The minimum atomic E-state index is -4.34. The number of allylic oxidation sites excluding steroid dienone is 1. The zero-order valence-corrected chi connectivity index (χ0v) is 9.63. The fourth-order valence-corrected chi connectivity index (χ4v) is 1.49. The van der Waals surface area contributed by atoms with Crippen LogP contribution in [-0.2, 0) is 11.0 Å². The molecule has 0 aromatic heterocycles. The minimum absolute atomic E-state index is 0.0274. The maximum atomic E-state index is 12.3. The second-order valence-corrected chi connectivity index (χ2v) is 3.93. The summed E-state index contributed by atoms with van der Waals surface area (Å²) >= 11 is 0. The maximum Gasteiger partial charge on any atom is 0.416 e. The molecule has 2 nitrogen and oxygen atoms in total. The minimum Gasteiger partial charge on any atom is -0.481 e. The van der Waals surface area contributed by atoms with Crippen molar-refractivity contribution in [2.45, 2.75) is 25.4 Å². The van der Waals surface area contributed by atoms with E-state index < -0.39 is 17.7 Å². The van der Waals surface area contributed by atoms with Crippen molar-refractivity contribution in [3.05, 3.63) is 42.0 Å². The number of rotatable bonds is 5. The first-order valence-electron chi connectivity index (χ1n) is 5.38. The lowest BCUT2D eigenvalue weighted by Crippen LogP contribution is -2.04. The summed E-state index contributed by atoms with van der Waals surface area (Å²) in [6.45, 7) is 3.74. The number of benzene rings is 1. The highest BCUT2D eigenvalue weighted by molar-refractivity contribution is 5.68. The van der Waals surface area contributed by atoms with E-state index in [4.69, 9.17) is 5.11 Å². The van der Waals surface area contributed by atoms with Crippen LogP contribution >= 0.6 is 0 Å². The van der Waals surface area contributed by atoms with Crippen LogP contribution in [0.15, 0.2) is 30.8 Å². The molecule has 0 fully saturated rings. The van der Waals surface area contributed by atoms with Gasteiger partial charge in [-0.05, 0) is 36.1 Å². The summed E-state index contributed by atoms with van der Waals surface area (Å²) < 4.78 is 37.0. The molecule has 1 aromatic carbocycles. The molecule has 1 N–H and O–H groups in total. The van der Waals surface area contributed by atoms with Crippen molar-refractivity contribution in [1.82, 2.24) is 0 Å². The summed E-state index contributed by atoms with van der Waals surface area (Å²) in [6, 6.07) is 4.70. The Morgan fingerprint density at radius 1 is 1.17 bits per heavy atom. The molecule has 0 aliphatic heterocycles. The molecule has 98 valence electrons. The standard InChI is InChI=1S/C13H13F3O2/c1-9(3-2-4-12(17)18)10-5-7-11(8-6-10)13(14,15)16/h5-8H,1-4H2,(H,17,18). The molecule has 0 aliphatic rings. The Morgan fingerprint density at radius 2 is 1.72 bits per heavy atom. The molecule has 5 heteroatoms.